The van der Waals surface area contributed by atoms with E-state index in [1.807, 2.05) is 0 Å². The van der Waals surface area contributed by atoms with Crippen LogP contribution in [-0.2, 0) is 10.2 Å². The van der Waals surface area contributed by atoms with Crippen molar-refractivity contribution in [1.29, 1.82) is 0 Å². The lowest BCUT2D eigenvalue weighted by molar-refractivity contribution is 0.268. The van der Waals surface area contributed by atoms with Crippen LogP contribution in [0.15, 0.2) is 24.3 Å². The molecule has 118 valence electrons. The molecule has 1 aliphatic rings. The molecule has 0 spiro atoms. The summed E-state index contributed by atoms with van der Waals surface area (Å²) in [6, 6.07) is 5.66. The predicted molar refractivity (Wildman–Crippen MR) is 78.9 cm³/mol. The predicted octanol–water partition coefficient (Wildman–Crippen LogP) is 1.87. The van der Waals surface area contributed by atoms with Crippen LogP contribution in [0, 0.1) is 5.82 Å². The summed E-state index contributed by atoms with van der Waals surface area (Å²) < 4.78 is 45.6. The van der Waals surface area contributed by atoms with Crippen molar-refractivity contribution in [3.8, 4) is 5.75 Å². The van der Waals surface area contributed by atoms with Crippen molar-refractivity contribution in [3.05, 3.63) is 30.1 Å². The zero-order chi connectivity index (χ0) is 15.3. The molecular weight excluding hydrogens is 295 g/mol. The van der Waals surface area contributed by atoms with Crippen LogP contribution in [0.4, 0.5) is 4.39 Å². The van der Waals surface area contributed by atoms with Crippen molar-refractivity contribution >= 4 is 10.2 Å². The van der Waals surface area contributed by atoms with Crippen LogP contribution in [0.2, 0.25) is 0 Å². The van der Waals surface area contributed by atoms with E-state index in [1.54, 1.807) is 7.05 Å². The SMILES string of the molecule is CN(CCOc1ccc(F)cc1)S(=O)(=O)N1CCCCC1. The van der Waals surface area contributed by atoms with Gasteiger partial charge in [0, 0.05) is 26.7 Å². The summed E-state index contributed by atoms with van der Waals surface area (Å²) in [4.78, 5) is 0. The first-order valence-electron chi connectivity index (χ1n) is 7.10. The van der Waals surface area contributed by atoms with Crippen LogP contribution in [0.25, 0.3) is 0 Å². The molecule has 1 fully saturated rings. The highest BCUT2D eigenvalue weighted by molar-refractivity contribution is 7.86. The minimum atomic E-state index is -3.40. The number of ether oxygens (including phenoxy) is 1. The highest BCUT2D eigenvalue weighted by Gasteiger charge is 2.27. The van der Waals surface area contributed by atoms with Gasteiger partial charge in [-0.15, -0.1) is 0 Å². The Balaban J connectivity index is 1.83. The highest BCUT2D eigenvalue weighted by atomic mass is 32.2. The van der Waals surface area contributed by atoms with Gasteiger partial charge in [0.1, 0.15) is 18.2 Å². The van der Waals surface area contributed by atoms with E-state index in [0.717, 1.165) is 19.3 Å². The minimum absolute atomic E-state index is 0.231. The summed E-state index contributed by atoms with van der Waals surface area (Å²) in [5, 5.41) is 0. The van der Waals surface area contributed by atoms with Crippen LogP contribution in [0.3, 0.4) is 0 Å². The van der Waals surface area contributed by atoms with Gasteiger partial charge in [-0.2, -0.15) is 17.0 Å². The maximum Gasteiger partial charge on any atom is 0.281 e. The van der Waals surface area contributed by atoms with Gasteiger partial charge in [-0.25, -0.2) is 4.39 Å². The van der Waals surface area contributed by atoms with E-state index in [9.17, 15) is 12.8 Å². The summed E-state index contributed by atoms with van der Waals surface area (Å²) in [5.41, 5.74) is 0. The van der Waals surface area contributed by atoms with Gasteiger partial charge in [-0.05, 0) is 37.1 Å². The van der Waals surface area contributed by atoms with Crippen LogP contribution < -0.4 is 4.74 Å². The second kappa shape index (κ2) is 7.20. The van der Waals surface area contributed by atoms with E-state index in [-0.39, 0.29) is 19.0 Å². The number of hydrogen-bond acceptors (Lipinski definition) is 3. The second-order valence-electron chi connectivity index (χ2n) is 5.09. The Morgan fingerprint density at radius 2 is 1.81 bits per heavy atom. The van der Waals surface area contributed by atoms with Crippen LogP contribution in [0.1, 0.15) is 19.3 Å². The Morgan fingerprint density at radius 3 is 2.43 bits per heavy atom. The molecule has 0 aromatic heterocycles. The van der Waals surface area contributed by atoms with E-state index in [0.29, 0.717) is 18.8 Å². The van der Waals surface area contributed by atoms with Gasteiger partial charge in [-0.3, -0.25) is 0 Å². The lowest BCUT2D eigenvalue weighted by Gasteiger charge is -2.30. The van der Waals surface area contributed by atoms with Crippen molar-refractivity contribution in [2.24, 2.45) is 0 Å². The van der Waals surface area contributed by atoms with Gasteiger partial charge in [0.05, 0.1) is 0 Å². The van der Waals surface area contributed by atoms with Gasteiger partial charge >= 0.3 is 0 Å². The highest BCUT2D eigenvalue weighted by Crippen LogP contribution is 2.16. The molecule has 1 heterocycles. The molecule has 0 N–H and O–H groups in total. The lowest BCUT2D eigenvalue weighted by atomic mass is 10.2. The molecule has 1 aliphatic heterocycles. The summed E-state index contributed by atoms with van der Waals surface area (Å²) in [6.45, 7) is 1.67. The fraction of sp³-hybridized carbons (Fsp3) is 0.571. The molecule has 0 radical (unpaired) electrons. The molecule has 0 saturated carbocycles. The molecule has 0 aliphatic carbocycles. The Hall–Kier alpha value is -1.18. The molecule has 2 rings (SSSR count). The van der Waals surface area contributed by atoms with Crippen LogP contribution in [0.5, 0.6) is 5.75 Å². The smallest absolute Gasteiger partial charge is 0.281 e. The number of likely N-dealkylation sites (N-methyl/N-ethyl adjacent to an activating group) is 1. The van der Waals surface area contributed by atoms with Crippen LogP contribution in [-0.4, -0.2) is 50.3 Å². The molecule has 5 nitrogen and oxygen atoms in total. The molecule has 0 atom stereocenters. The second-order valence-corrected chi connectivity index (χ2v) is 7.13. The maximum atomic E-state index is 12.8. The Morgan fingerprint density at radius 1 is 1.19 bits per heavy atom. The van der Waals surface area contributed by atoms with Crippen molar-refractivity contribution in [2.75, 3.05) is 33.3 Å². The van der Waals surface area contributed by atoms with Gasteiger partial charge in [0.25, 0.3) is 10.2 Å². The third-order valence-corrected chi connectivity index (χ3v) is 5.51. The zero-order valence-corrected chi connectivity index (χ0v) is 13.0. The van der Waals surface area contributed by atoms with Crippen molar-refractivity contribution in [2.45, 2.75) is 19.3 Å². The van der Waals surface area contributed by atoms with Gasteiger partial charge in [0.2, 0.25) is 0 Å². The van der Waals surface area contributed by atoms with E-state index in [4.69, 9.17) is 4.74 Å². The van der Waals surface area contributed by atoms with Gasteiger partial charge in [0.15, 0.2) is 0 Å². The monoisotopic (exact) mass is 316 g/mol. The third-order valence-electron chi connectivity index (χ3n) is 3.52. The van der Waals surface area contributed by atoms with Crippen molar-refractivity contribution < 1.29 is 17.5 Å². The fourth-order valence-electron chi connectivity index (χ4n) is 2.23. The van der Waals surface area contributed by atoms with Crippen LogP contribution >= 0.6 is 0 Å². The Kier molecular flexibility index (Phi) is 5.55. The Labute approximate surface area is 125 Å². The number of hydrogen-bond donors (Lipinski definition) is 0. The molecular formula is C14H21FN2O3S. The molecule has 0 unspecified atom stereocenters. The molecule has 0 bridgehead atoms. The number of rotatable bonds is 6. The molecule has 0 amide bonds. The largest absolute Gasteiger partial charge is 0.492 e. The Bertz CT molecular complexity index is 542. The summed E-state index contributed by atoms with van der Waals surface area (Å²) in [5.74, 6) is 0.201. The summed E-state index contributed by atoms with van der Waals surface area (Å²) >= 11 is 0. The molecule has 1 aromatic rings. The van der Waals surface area contributed by atoms with Gasteiger partial charge in [-0.1, -0.05) is 6.42 Å². The average Bonchev–Trinajstić information content (AvgIpc) is 2.50. The summed E-state index contributed by atoms with van der Waals surface area (Å²) in [6.07, 6.45) is 2.92. The van der Waals surface area contributed by atoms with E-state index < -0.39 is 10.2 Å². The van der Waals surface area contributed by atoms with E-state index >= 15 is 0 Å². The third kappa shape index (κ3) is 4.39. The first kappa shape index (κ1) is 16.2. The number of benzene rings is 1. The maximum absolute atomic E-state index is 12.8. The molecule has 21 heavy (non-hydrogen) atoms. The fourth-order valence-corrected chi connectivity index (χ4v) is 3.65. The number of halogens is 1. The van der Waals surface area contributed by atoms with E-state index in [1.165, 1.54) is 32.9 Å². The first-order valence-corrected chi connectivity index (χ1v) is 8.49. The quantitative estimate of drug-likeness (QED) is 0.805. The average molecular weight is 316 g/mol. The normalized spacial score (nSPS) is 17.1. The molecule has 1 aromatic carbocycles. The van der Waals surface area contributed by atoms with Gasteiger partial charge < -0.3 is 4.74 Å². The van der Waals surface area contributed by atoms with Crippen molar-refractivity contribution in [3.63, 3.8) is 0 Å². The number of nitrogens with zero attached hydrogens (tertiary/aromatic N) is 2. The first-order chi connectivity index (χ1) is 10.00. The molecule has 7 heteroatoms. The van der Waals surface area contributed by atoms with Crippen molar-refractivity contribution in [1.82, 2.24) is 8.61 Å². The zero-order valence-electron chi connectivity index (χ0n) is 12.2. The molecule has 1 saturated heterocycles. The standard InChI is InChI=1S/C14H21FN2O3S/c1-16(21(18,19)17-9-3-2-4-10-17)11-12-20-14-7-5-13(15)6-8-14/h5-8H,2-4,9-12H2,1H3. The number of piperidine rings is 1. The topological polar surface area (TPSA) is 49.9 Å². The lowest BCUT2D eigenvalue weighted by Crippen LogP contribution is -2.45. The summed E-state index contributed by atoms with van der Waals surface area (Å²) in [7, 11) is -1.84. The van der Waals surface area contributed by atoms with E-state index in [2.05, 4.69) is 0 Å². The minimum Gasteiger partial charge on any atom is -0.492 e.